The number of hydrogen-bond acceptors (Lipinski definition) is 4. The zero-order valence-electron chi connectivity index (χ0n) is 14.0. The highest BCUT2D eigenvalue weighted by Crippen LogP contribution is 2.36. The van der Waals surface area contributed by atoms with E-state index in [0.29, 0.717) is 15.7 Å². The van der Waals surface area contributed by atoms with Gasteiger partial charge in [0.25, 0.3) is 5.91 Å². The Morgan fingerprint density at radius 1 is 1.12 bits per heavy atom. The van der Waals surface area contributed by atoms with Crippen LogP contribution in [0.2, 0.25) is 0 Å². The van der Waals surface area contributed by atoms with Crippen molar-refractivity contribution < 1.29 is 18.7 Å². The van der Waals surface area contributed by atoms with Crippen molar-refractivity contribution in [3.8, 4) is 0 Å². The van der Waals surface area contributed by atoms with E-state index in [1.807, 2.05) is 0 Å². The van der Waals surface area contributed by atoms with E-state index in [1.165, 1.54) is 19.2 Å². The van der Waals surface area contributed by atoms with Crippen LogP contribution in [0.4, 0.5) is 4.39 Å². The number of benzene rings is 1. The number of methoxy groups -OCH3 is 1. The number of hydrogen-bond donors (Lipinski definition) is 1. The fourth-order valence-electron chi connectivity index (χ4n) is 3.32. The summed E-state index contributed by atoms with van der Waals surface area (Å²) in [7, 11) is 1.31. The Kier molecular flexibility index (Phi) is 5.48. The summed E-state index contributed by atoms with van der Waals surface area (Å²) in [5.41, 5.74) is 0.909. The number of carbonyl (C=O) groups excluding carboxylic acids is 2. The Balaban J connectivity index is 1.79. The molecule has 25 heavy (non-hydrogen) atoms. The summed E-state index contributed by atoms with van der Waals surface area (Å²) in [6.45, 7) is 0. The SMILES string of the molecule is COC(=O)c1ccc(C(=O)NC(c2ccc(F)cc2)C2CCCC2)s1. The maximum absolute atomic E-state index is 13.2. The third-order valence-electron chi connectivity index (χ3n) is 4.60. The summed E-state index contributed by atoms with van der Waals surface area (Å²) >= 11 is 1.11. The number of thiophene rings is 1. The quantitative estimate of drug-likeness (QED) is 0.806. The molecule has 4 nitrogen and oxygen atoms in total. The molecule has 2 aromatic rings. The van der Waals surface area contributed by atoms with Crippen LogP contribution in [0, 0.1) is 11.7 Å². The topological polar surface area (TPSA) is 55.4 Å². The first kappa shape index (κ1) is 17.6. The van der Waals surface area contributed by atoms with E-state index >= 15 is 0 Å². The number of halogens is 1. The van der Waals surface area contributed by atoms with Crippen molar-refractivity contribution >= 4 is 23.2 Å². The van der Waals surface area contributed by atoms with E-state index in [9.17, 15) is 14.0 Å². The van der Waals surface area contributed by atoms with Crippen molar-refractivity contribution in [2.45, 2.75) is 31.7 Å². The minimum Gasteiger partial charge on any atom is -0.465 e. The maximum atomic E-state index is 13.2. The molecule has 1 aromatic heterocycles. The number of carbonyl (C=O) groups is 2. The Hall–Kier alpha value is -2.21. The first-order valence-corrected chi connectivity index (χ1v) is 9.14. The van der Waals surface area contributed by atoms with E-state index in [2.05, 4.69) is 10.1 Å². The fourth-order valence-corrected chi connectivity index (χ4v) is 4.14. The van der Waals surface area contributed by atoms with Crippen molar-refractivity contribution in [3.63, 3.8) is 0 Å². The molecule has 1 N–H and O–H groups in total. The van der Waals surface area contributed by atoms with Crippen LogP contribution in [0.25, 0.3) is 0 Å². The van der Waals surface area contributed by atoms with Crippen LogP contribution in [-0.4, -0.2) is 19.0 Å². The molecule has 1 heterocycles. The Morgan fingerprint density at radius 2 is 1.76 bits per heavy atom. The van der Waals surface area contributed by atoms with Crippen LogP contribution in [0.1, 0.15) is 56.6 Å². The van der Waals surface area contributed by atoms with E-state index in [1.54, 1.807) is 24.3 Å². The van der Waals surface area contributed by atoms with Gasteiger partial charge in [0.2, 0.25) is 0 Å². The minimum atomic E-state index is -0.449. The number of ether oxygens (including phenoxy) is 1. The second kappa shape index (κ2) is 7.78. The lowest BCUT2D eigenvalue weighted by Gasteiger charge is -2.25. The predicted octanol–water partition coefficient (Wildman–Crippen LogP) is 4.34. The van der Waals surface area contributed by atoms with Gasteiger partial charge >= 0.3 is 5.97 Å². The van der Waals surface area contributed by atoms with Gasteiger partial charge in [-0.05, 0) is 48.6 Å². The fraction of sp³-hybridized carbons (Fsp3) is 0.368. The first-order chi connectivity index (χ1) is 12.1. The van der Waals surface area contributed by atoms with Crippen LogP contribution in [0.3, 0.4) is 0 Å². The molecule has 1 amide bonds. The number of rotatable bonds is 5. The van der Waals surface area contributed by atoms with Gasteiger partial charge in [-0.15, -0.1) is 11.3 Å². The number of amides is 1. The molecule has 1 saturated carbocycles. The molecule has 1 aliphatic carbocycles. The summed E-state index contributed by atoms with van der Waals surface area (Å²) in [5, 5.41) is 3.08. The van der Waals surface area contributed by atoms with Gasteiger partial charge in [-0.3, -0.25) is 4.79 Å². The molecule has 0 radical (unpaired) electrons. The predicted molar refractivity (Wildman–Crippen MR) is 94.2 cm³/mol. The van der Waals surface area contributed by atoms with Gasteiger partial charge in [-0.25, -0.2) is 9.18 Å². The molecule has 1 atom stereocenters. The summed E-state index contributed by atoms with van der Waals surface area (Å²) in [5.74, 6) is -0.619. The molecule has 0 bridgehead atoms. The zero-order chi connectivity index (χ0) is 17.8. The van der Waals surface area contributed by atoms with Crippen LogP contribution in [0.15, 0.2) is 36.4 Å². The van der Waals surface area contributed by atoms with Crippen molar-refractivity contribution in [3.05, 3.63) is 57.5 Å². The summed E-state index contributed by atoms with van der Waals surface area (Å²) < 4.78 is 17.9. The maximum Gasteiger partial charge on any atom is 0.348 e. The molecule has 1 aliphatic rings. The van der Waals surface area contributed by atoms with Crippen molar-refractivity contribution in [1.29, 1.82) is 0 Å². The lowest BCUT2D eigenvalue weighted by atomic mass is 9.91. The highest BCUT2D eigenvalue weighted by atomic mass is 32.1. The van der Waals surface area contributed by atoms with Crippen LogP contribution in [-0.2, 0) is 4.74 Å². The van der Waals surface area contributed by atoms with Crippen molar-refractivity contribution in [1.82, 2.24) is 5.32 Å². The molecule has 1 fully saturated rings. The normalized spacial score (nSPS) is 15.8. The summed E-state index contributed by atoms with van der Waals surface area (Å²) in [6, 6.07) is 9.36. The van der Waals surface area contributed by atoms with Crippen molar-refractivity contribution in [2.75, 3.05) is 7.11 Å². The average Bonchev–Trinajstić information content (AvgIpc) is 3.31. The van der Waals surface area contributed by atoms with Gasteiger partial charge in [0.05, 0.1) is 18.0 Å². The molecule has 0 spiro atoms. The molecule has 132 valence electrons. The molecular weight excluding hydrogens is 341 g/mol. The zero-order valence-corrected chi connectivity index (χ0v) is 14.8. The summed E-state index contributed by atoms with van der Waals surface area (Å²) in [6.07, 6.45) is 4.37. The Morgan fingerprint density at radius 3 is 2.40 bits per heavy atom. The van der Waals surface area contributed by atoms with Crippen LogP contribution in [0.5, 0.6) is 0 Å². The molecule has 6 heteroatoms. The van der Waals surface area contributed by atoms with E-state index < -0.39 is 5.97 Å². The van der Waals surface area contributed by atoms with Gasteiger partial charge < -0.3 is 10.1 Å². The van der Waals surface area contributed by atoms with E-state index in [4.69, 9.17) is 0 Å². The number of esters is 1. The van der Waals surface area contributed by atoms with Gasteiger partial charge in [-0.1, -0.05) is 25.0 Å². The largest absolute Gasteiger partial charge is 0.465 e. The second-order valence-corrected chi connectivity index (χ2v) is 7.29. The highest BCUT2D eigenvalue weighted by molar-refractivity contribution is 7.15. The molecule has 1 unspecified atom stereocenters. The Labute approximate surface area is 150 Å². The van der Waals surface area contributed by atoms with Gasteiger partial charge in [0.15, 0.2) is 0 Å². The molecule has 1 aromatic carbocycles. The molecule has 3 rings (SSSR count). The van der Waals surface area contributed by atoms with Crippen molar-refractivity contribution in [2.24, 2.45) is 5.92 Å². The molecule has 0 aliphatic heterocycles. The van der Waals surface area contributed by atoms with Gasteiger partial charge in [-0.2, -0.15) is 0 Å². The lowest BCUT2D eigenvalue weighted by molar-refractivity contribution is 0.0606. The van der Waals surface area contributed by atoms with Crippen LogP contribution >= 0.6 is 11.3 Å². The lowest BCUT2D eigenvalue weighted by Crippen LogP contribution is -2.32. The smallest absolute Gasteiger partial charge is 0.348 e. The first-order valence-electron chi connectivity index (χ1n) is 8.33. The monoisotopic (exact) mass is 361 g/mol. The molecular formula is C19H20FNO3S. The van der Waals surface area contributed by atoms with E-state index in [0.717, 1.165) is 42.6 Å². The molecule has 0 saturated heterocycles. The summed E-state index contributed by atoms with van der Waals surface area (Å²) in [4.78, 5) is 25.1. The second-order valence-electron chi connectivity index (χ2n) is 6.20. The third kappa shape index (κ3) is 4.07. The van der Waals surface area contributed by atoms with Gasteiger partial charge in [0, 0.05) is 0 Å². The van der Waals surface area contributed by atoms with E-state index in [-0.39, 0.29) is 17.8 Å². The highest BCUT2D eigenvalue weighted by Gasteiger charge is 2.28. The standard InChI is InChI=1S/C19H20FNO3S/c1-24-19(23)16-11-10-15(25-16)18(22)21-17(12-4-2-3-5-12)13-6-8-14(20)9-7-13/h6-12,17H,2-5H2,1H3,(H,21,22). The average molecular weight is 361 g/mol. The Bertz CT molecular complexity index is 750. The van der Waals surface area contributed by atoms with Gasteiger partial charge in [0.1, 0.15) is 10.7 Å². The minimum absolute atomic E-state index is 0.153. The van der Waals surface area contributed by atoms with Crippen LogP contribution < -0.4 is 5.32 Å². The number of nitrogens with one attached hydrogen (secondary N) is 1. The third-order valence-corrected chi connectivity index (χ3v) is 5.67.